The SMILES string of the molecule is CCCCc1c(-c2cccc(O)c2)c(C(N)=O)c(C)n1C(C)C. The van der Waals surface area contributed by atoms with Crippen molar-refractivity contribution in [3.63, 3.8) is 0 Å². The highest BCUT2D eigenvalue weighted by Gasteiger charge is 2.25. The van der Waals surface area contributed by atoms with Gasteiger partial charge in [0, 0.05) is 23.0 Å². The molecule has 0 bridgehead atoms. The largest absolute Gasteiger partial charge is 0.508 e. The normalized spacial score (nSPS) is 11.2. The number of benzene rings is 1. The molecule has 1 amide bonds. The zero-order chi connectivity index (χ0) is 17.1. The number of nitrogens with two attached hydrogens (primary N) is 1. The van der Waals surface area contributed by atoms with Crippen LogP contribution in [0.25, 0.3) is 11.1 Å². The summed E-state index contributed by atoms with van der Waals surface area (Å²) in [6.45, 7) is 8.32. The molecule has 1 aromatic heterocycles. The van der Waals surface area contributed by atoms with Crippen LogP contribution in [0.15, 0.2) is 24.3 Å². The second kappa shape index (κ2) is 6.90. The van der Waals surface area contributed by atoms with E-state index in [1.807, 2.05) is 13.0 Å². The second-order valence-electron chi connectivity index (χ2n) is 6.26. The van der Waals surface area contributed by atoms with Crippen molar-refractivity contribution in [3.05, 3.63) is 41.2 Å². The molecule has 0 fully saturated rings. The van der Waals surface area contributed by atoms with Gasteiger partial charge in [-0.3, -0.25) is 4.79 Å². The Morgan fingerprint density at radius 2 is 2.04 bits per heavy atom. The van der Waals surface area contributed by atoms with Crippen LogP contribution in [-0.4, -0.2) is 15.6 Å². The number of nitrogens with zero attached hydrogens (tertiary/aromatic N) is 1. The topological polar surface area (TPSA) is 68.2 Å². The maximum atomic E-state index is 12.1. The fourth-order valence-electron chi connectivity index (χ4n) is 3.33. The highest BCUT2D eigenvalue weighted by atomic mass is 16.3. The van der Waals surface area contributed by atoms with Crippen LogP contribution in [0.1, 0.15) is 61.4 Å². The first-order valence-electron chi connectivity index (χ1n) is 8.21. The molecule has 4 heteroatoms. The number of carbonyl (C=O) groups excluding carboxylic acids is 1. The number of amides is 1. The van der Waals surface area contributed by atoms with Crippen molar-refractivity contribution in [1.29, 1.82) is 0 Å². The molecule has 124 valence electrons. The van der Waals surface area contributed by atoms with Gasteiger partial charge in [-0.25, -0.2) is 0 Å². The minimum atomic E-state index is -0.419. The van der Waals surface area contributed by atoms with Crippen LogP contribution >= 0.6 is 0 Å². The molecule has 1 aromatic carbocycles. The van der Waals surface area contributed by atoms with E-state index in [2.05, 4.69) is 25.3 Å². The maximum Gasteiger partial charge on any atom is 0.251 e. The molecule has 2 aromatic rings. The summed E-state index contributed by atoms with van der Waals surface area (Å²) in [6.07, 6.45) is 3.00. The Morgan fingerprint density at radius 1 is 1.35 bits per heavy atom. The number of primary amides is 1. The standard InChI is InChI=1S/C19H26N2O2/c1-5-6-10-16-18(14-8-7-9-15(22)11-14)17(19(20)23)13(4)21(16)12(2)3/h7-9,11-12,22H,5-6,10H2,1-4H3,(H2,20,23). The number of phenolic OH excluding ortho intramolecular Hbond substituents is 1. The van der Waals surface area contributed by atoms with Gasteiger partial charge in [0.05, 0.1) is 5.56 Å². The number of aromatic hydroxyl groups is 1. The lowest BCUT2D eigenvalue weighted by atomic mass is 9.97. The molecular formula is C19H26N2O2. The Labute approximate surface area is 137 Å². The third-order valence-corrected chi connectivity index (χ3v) is 4.22. The lowest BCUT2D eigenvalue weighted by Crippen LogP contribution is -2.14. The monoisotopic (exact) mass is 314 g/mol. The quantitative estimate of drug-likeness (QED) is 0.839. The second-order valence-corrected chi connectivity index (χ2v) is 6.26. The van der Waals surface area contributed by atoms with E-state index in [0.29, 0.717) is 5.56 Å². The lowest BCUT2D eigenvalue weighted by molar-refractivity contribution is 0.1000. The molecule has 0 aliphatic carbocycles. The van der Waals surface area contributed by atoms with Gasteiger partial charge >= 0.3 is 0 Å². The van der Waals surface area contributed by atoms with Crippen molar-refractivity contribution in [1.82, 2.24) is 4.57 Å². The van der Waals surface area contributed by atoms with Crippen LogP contribution < -0.4 is 5.73 Å². The summed E-state index contributed by atoms with van der Waals surface area (Å²) in [5.74, 6) is -0.229. The Bertz CT molecular complexity index is 714. The van der Waals surface area contributed by atoms with Gasteiger partial charge in [-0.05, 0) is 51.3 Å². The van der Waals surface area contributed by atoms with Gasteiger partial charge in [0.2, 0.25) is 0 Å². The molecule has 4 nitrogen and oxygen atoms in total. The zero-order valence-corrected chi connectivity index (χ0v) is 14.4. The number of unbranched alkanes of at least 4 members (excludes halogenated alkanes) is 1. The van der Waals surface area contributed by atoms with Crippen molar-refractivity contribution >= 4 is 5.91 Å². The lowest BCUT2D eigenvalue weighted by Gasteiger charge is -2.16. The van der Waals surface area contributed by atoms with Crippen molar-refractivity contribution in [2.24, 2.45) is 5.73 Å². The molecule has 0 radical (unpaired) electrons. The summed E-state index contributed by atoms with van der Waals surface area (Å²) in [5, 5.41) is 9.83. The smallest absolute Gasteiger partial charge is 0.251 e. The van der Waals surface area contributed by atoms with Gasteiger partial charge in [0.15, 0.2) is 0 Å². The molecule has 0 aliphatic rings. The third kappa shape index (κ3) is 3.26. The van der Waals surface area contributed by atoms with Gasteiger partial charge in [0.25, 0.3) is 5.91 Å². The first-order chi connectivity index (χ1) is 10.9. The molecule has 0 saturated carbocycles. The van der Waals surface area contributed by atoms with Gasteiger partial charge in [-0.1, -0.05) is 25.5 Å². The molecule has 0 spiro atoms. The van der Waals surface area contributed by atoms with Crippen LogP contribution in [-0.2, 0) is 6.42 Å². The molecule has 1 heterocycles. The summed E-state index contributed by atoms with van der Waals surface area (Å²) >= 11 is 0. The van der Waals surface area contributed by atoms with Gasteiger partial charge in [-0.15, -0.1) is 0 Å². The first kappa shape index (κ1) is 17.1. The first-order valence-corrected chi connectivity index (χ1v) is 8.21. The van der Waals surface area contributed by atoms with E-state index in [1.54, 1.807) is 18.2 Å². The van der Waals surface area contributed by atoms with Crippen molar-refractivity contribution in [2.45, 2.75) is 53.0 Å². The van der Waals surface area contributed by atoms with Crippen LogP contribution in [0.2, 0.25) is 0 Å². The fraction of sp³-hybridized carbons (Fsp3) is 0.421. The summed E-state index contributed by atoms with van der Waals surface area (Å²) in [5.41, 5.74) is 9.98. The Morgan fingerprint density at radius 3 is 2.57 bits per heavy atom. The Hall–Kier alpha value is -2.23. The van der Waals surface area contributed by atoms with Crippen LogP contribution in [0.3, 0.4) is 0 Å². The summed E-state index contributed by atoms with van der Waals surface area (Å²) in [4.78, 5) is 12.1. The van der Waals surface area contributed by atoms with Crippen LogP contribution in [0.4, 0.5) is 0 Å². The molecule has 0 unspecified atom stereocenters. The predicted molar refractivity (Wildman–Crippen MR) is 93.8 cm³/mol. The van der Waals surface area contributed by atoms with Gasteiger partial charge in [-0.2, -0.15) is 0 Å². The zero-order valence-electron chi connectivity index (χ0n) is 14.4. The molecule has 0 saturated heterocycles. The van der Waals surface area contributed by atoms with E-state index >= 15 is 0 Å². The molecule has 0 atom stereocenters. The average molecular weight is 314 g/mol. The maximum absolute atomic E-state index is 12.1. The van der Waals surface area contributed by atoms with E-state index in [1.165, 1.54) is 0 Å². The van der Waals surface area contributed by atoms with Gasteiger partial charge < -0.3 is 15.4 Å². The highest BCUT2D eigenvalue weighted by molar-refractivity contribution is 6.02. The number of aromatic nitrogens is 1. The summed E-state index contributed by atoms with van der Waals surface area (Å²) < 4.78 is 2.20. The van der Waals surface area contributed by atoms with Crippen LogP contribution in [0.5, 0.6) is 5.75 Å². The van der Waals surface area contributed by atoms with E-state index in [9.17, 15) is 9.90 Å². The number of hydrogen-bond acceptors (Lipinski definition) is 2. The highest BCUT2D eigenvalue weighted by Crippen LogP contribution is 2.36. The summed E-state index contributed by atoms with van der Waals surface area (Å²) in [6, 6.07) is 7.28. The molecule has 0 aliphatic heterocycles. The molecular weight excluding hydrogens is 288 g/mol. The average Bonchev–Trinajstić information content (AvgIpc) is 2.77. The van der Waals surface area contributed by atoms with E-state index in [0.717, 1.165) is 41.8 Å². The molecule has 23 heavy (non-hydrogen) atoms. The van der Waals surface area contributed by atoms with Crippen LogP contribution in [0, 0.1) is 6.92 Å². The van der Waals surface area contributed by atoms with E-state index < -0.39 is 5.91 Å². The number of carbonyl (C=O) groups is 1. The van der Waals surface area contributed by atoms with Crippen molar-refractivity contribution < 1.29 is 9.90 Å². The summed E-state index contributed by atoms with van der Waals surface area (Å²) in [7, 11) is 0. The Balaban J connectivity index is 2.80. The fourth-order valence-corrected chi connectivity index (χ4v) is 3.33. The number of hydrogen-bond donors (Lipinski definition) is 2. The minimum Gasteiger partial charge on any atom is -0.508 e. The Kier molecular flexibility index (Phi) is 5.14. The van der Waals surface area contributed by atoms with Crippen molar-refractivity contribution in [2.75, 3.05) is 0 Å². The van der Waals surface area contributed by atoms with Crippen molar-refractivity contribution in [3.8, 4) is 16.9 Å². The molecule has 2 rings (SSSR count). The minimum absolute atomic E-state index is 0.189. The third-order valence-electron chi connectivity index (χ3n) is 4.22. The molecule has 3 N–H and O–H groups in total. The van der Waals surface area contributed by atoms with Gasteiger partial charge in [0.1, 0.15) is 5.75 Å². The van der Waals surface area contributed by atoms with E-state index in [4.69, 9.17) is 5.73 Å². The van der Waals surface area contributed by atoms with E-state index in [-0.39, 0.29) is 11.8 Å². The predicted octanol–water partition coefficient (Wildman–Crippen LogP) is 4.19. The number of phenols is 1. The number of rotatable bonds is 6.